The van der Waals surface area contributed by atoms with E-state index in [2.05, 4.69) is 0 Å². The lowest BCUT2D eigenvalue weighted by Crippen LogP contribution is -2.02. The minimum Gasteiger partial charge on any atom is -0.493 e. The van der Waals surface area contributed by atoms with Gasteiger partial charge >= 0.3 is 0 Å². The number of rotatable bonds is 6. The number of furan rings is 1. The molecule has 25 heavy (non-hydrogen) atoms. The standard InChI is InChI=1S/C20H16O5/c1-23-18-9-7-15(11-19(18)24-2)20(22)14-5-3-13(4-6-14)17-10-8-16(12-21)25-17/h3-12H,1-2H3. The summed E-state index contributed by atoms with van der Waals surface area (Å²) in [4.78, 5) is 23.3. The molecule has 126 valence electrons. The van der Waals surface area contributed by atoms with E-state index in [0.29, 0.717) is 34.7 Å². The van der Waals surface area contributed by atoms with Crippen molar-refractivity contribution in [1.82, 2.24) is 0 Å². The normalized spacial score (nSPS) is 10.3. The maximum atomic E-state index is 12.6. The van der Waals surface area contributed by atoms with Crippen molar-refractivity contribution in [3.8, 4) is 22.8 Å². The minimum atomic E-state index is -0.125. The summed E-state index contributed by atoms with van der Waals surface area (Å²) in [6.07, 6.45) is 0.651. The van der Waals surface area contributed by atoms with Gasteiger partial charge in [0.05, 0.1) is 14.2 Å². The van der Waals surface area contributed by atoms with Crippen molar-refractivity contribution in [2.24, 2.45) is 0 Å². The first kappa shape index (κ1) is 16.5. The van der Waals surface area contributed by atoms with Crippen LogP contribution in [0.25, 0.3) is 11.3 Å². The van der Waals surface area contributed by atoms with Crippen molar-refractivity contribution >= 4 is 12.1 Å². The van der Waals surface area contributed by atoms with Crippen molar-refractivity contribution < 1.29 is 23.5 Å². The van der Waals surface area contributed by atoms with Gasteiger partial charge in [0.2, 0.25) is 0 Å². The molecular weight excluding hydrogens is 320 g/mol. The molecule has 0 unspecified atom stereocenters. The summed E-state index contributed by atoms with van der Waals surface area (Å²) < 4.78 is 15.8. The van der Waals surface area contributed by atoms with Gasteiger partial charge in [0.15, 0.2) is 29.3 Å². The molecule has 0 radical (unpaired) electrons. The Balaban J connectivity index is 1.86. The Hall–Kier alpha value is -3.34. The number of ketones is 1. The molecule has 0 saturated heterocycles. The van der Waals surface area contributed by atoms with Crippen molar-refractivity contribution in [3.63, 3.8) is 0 Å². The molecule has 3 rings (SSSR count). The van der Waals surface area contributed by atoms with Crippen LogP contribution in [0.15, 0.2) is 59.0 Å². The van der Waals surface area contributed by atoms with Crippen LogP contribution in [0.1, 0.15) is 26.5 Å². The van der Waals surface area contributed by atoms with E-state index in [1.165, 1.54) is 7.11 Å². The molecule has 0 amide bonds. The highest BCUT2D eigenvalue weighted by atomic mass is 16.5. The molecule has 0 aliphatic rings. The molecule has 5 heteroatoms. The zero-order valence-corrected chi connectivity index (χ0v) is 13.8. The van der Waals surface area contributed by atoms with Crippen LogP contribution in [0.2, 0.25) is 0 Å². The first-order chi connectivity index (χ1) is 12.2. The Labute approximate surface area is 144 Å². The van der Waals surface area contributed by atoms with Gasteiger partial charge in [-0.2, -0.15) is 0 Å². The van der Waals surface area contributed by atoms with Crippen molar-refractivity contribution in [2.75, 3.05) is 14.2 Å². The van der Waals surface area contributed by atoms with Gasteiger partial charge < -0.3 is 13.9 Å². The number of carbonyl (C=O) groups excluding carboxylic acids is 2. The van der Waals surface area contributed by atoms with Gasteiger partial charge in [-0.05, 0) is 30.3 Å². The summed E-state index contributed by atoms with van der Waals surface area (Å²) in [7, 11) is 3.07. The van der Waals surface area contributed by atoms with E-state index in [0.717, 1.165) is 5.56 Å². The summed E-state index contributed by atoms with van der Waals surface area (Å²) in [5.41, 5.74) is 1.83. The molecule has 1 aromatic heterocycles. The molecule has 2 aromatic carbocycles. The number of methoxy groups -OCH3 is 2. The van der Waals surface area contributed by atoms with Gasteiger partial charge in [-0.3, -0.25) is 9.59 Å². The topological polar surface area (TPSA) is 65.7 Å². The Kier molecular flexibility index (Phi) is 4.66. The van der Waals surface area contributed by atoms with E-state index in [9.17, 15) is 9.59 Å². The van der Waals surface area contributed by atoms with E-state index >= 15 is 0 Å². The number of ether oxygens (including phenoxy) is 2. The first-order valence-electron chi connectivity index (χ1n) is 7.58. The average Bonchev–Trinajstić information content (AvgIpc) is 3.16. The number of aldehydes is 1. The Bertz CT molecular complexity index is 906. The third-order valence-electron chi connectivity index (χ3n) is 3.82. The lowest BCUT2D eigenvalue weighted by Gasteiger charge is -2.09. The third-order valence-corrected chi connectivity index (χ3v) is 3.82. The highest BCUT2D eigenvalue weighted by Crippen LogP contribution is 2.29. The van der Waals surface area contributed by atoms with E-state index < -0.39 is 0 Å². The number of benzene rings is 2. The summed E-state index contributed by atoms with van der Waals surface area (Å²) in [5.74, 6) is 1.79. The van der Waals surface area contributed by atoms with Gasteiger partial charge in [0, 0.05) is 16.7 Å². The van der Waals surface area contributed by atoms with Crippen LogP contribution in [0.5, 0.6) is 11.5 Å². The van der Waals surface area contributed by atoms with E-state index in [1.807, 2.05) is 0 Å². The molecule has 0 bridgehead atoms. The van der Waals surface area contributed by atoms with Crippen molar-refractivity contribution in [1.29, 1.82) is 0 Å². The predicted molar refractivity (Wildman–Crippen MR) is 92.5 cm³/mol. The average molecular weight is 336 g/mol. The van der Waals surface area contributed by atoms with Crippen LogP contribution in [0.3, 0.4) is 0 Å². The molecule has 5 nitrogen and oxygen atoms in total. The number of hydrogen-bond donors (Lipinski definition) is 0. The molecular formula is C20H16O5. The highest BCUT2D eigenvalue weighted by Gasteiger charge is 2.13. The molecule has 1 heterocycles. The maximum Gasteiger partial charge on any atom is 0.193 e. The monoisotopic (exact) mass is 336 g/mol. The number of hydrogen-bond acceptors (Lipinski definition) is 5. The molecule has 0 N–H and O–H groups in total. The Morgan fingerprint density at radius 1 is 0.880 bits per heavy atom. The SMILES string of the molecule is COc1ccc(C(=O)c2ccc(-c3ccc(C=O)o3)cc2)cc1OC. The van der Waals surface area contributed by atoms with Crippen LogP contribution in [0.4, 0.5) is 0 Å². The fourth-order valence-electron chi connectivity index (χ4n) is 2.50. The molecule has 0 fully saturated rings. The maximum absolute atomic E-state index is 12.6. The second-order valence-electron chi connectivity index (χ2n) is 5.30. The van der Waals surface area contributed by atoms with Crippen molar-refractivity contribution in [3.05, 3.63) is 71.5 Å². The highest BCUT2D eigenvalue weighted by molar-refractivity contribution is 6.09. The fraction of sp³-hybridized carbons (Fsp3) is 0.100. The van der Waals surface area contributed by atoms with Gasteiger partial charge in [-0.1, -0.05) is 24.3 Å². The van der Waals surface area contributed by atoms with Gasteiger partial charge in [0.1, 0.15) is 5.76 Å². The lowest BCUT2D eigenvalue weighted by molar-refractivity contribution is 0.103. The van der Waals surface area contributed by atoms with Crippen molar-refractivity contribution in [2.45, 2.75) is 0 Å². The largest absolute Gasteiger partial charge is 0.493 e. The summed E-state index contributed by atoms with van der Waals surface area (Å²) >= 11 is 0. The molecule has 0 spiro atoms. The molecule has 0 aliphatic carbocycles. The summed E-state index contributed by atoms with van der Waals surface area (Å²) in [6, 6.07) is 15.4. The van der Waals surface area contributed by atoms with E-state index in [-0.39, 0.29) is 11.5 Å². The summed E-state index contributed by atoms with van der Waals surface area (Å²) in [6.45, 7) is 0. The molecule has 0 atom stereocenters. The van der Waals surface area contributed by atoms with Gasteiger partial charge in [-0.25, -0.2) is 0 Å². The number of carbonyl (C=O) groups is 2. The predicted octanol–water partition coefficient (Wildman–Crippen LogP) is 4.01. The zero-order valence-electron chi connectivity index (χ0n) is 13.8. The van der Waals surface area contributed by atoms with Crippen LogP contribution < -0.4 is 9.47 Å². The second-order valence-corrected chi connectivity index (χ2v) is 5.30. The lowest BCUT2D eigenvalue weighted by atomic mass is 10.0. The first-order valence-corrected chi connectivity index (χ1v) is 7.58. The van der Waals surface area contributed by atoms with Crippen LogP contribution in [-0.4, -0.2) is 26.3 Å². The molecule has 0 aliphatic heterocycles. The van der Waals surface area contributed by atoms with E-state index in [1.54, 1.807) is 61.7 Å². The molecule has 0 saturated carbocycles. The Morgan fingerprint density at radius 3 is 2.16 bits per heavy atom. The Morgan fingerprint density at radius 2 is 1.56 bits per heavy atom. The minimum absolute atomic E-state index is 0.125. The van der Waals surface area contributed by atoms with E-state index in [4.69, 9.17) is 13.9 Å². The van der Waals surface area contributed by atoms with Crippen LogP contribution in [-0.2, 0) is 0 Å². The smallest absolute Gasteiger partial charge is 0.193 e. The molecule has 3 aromatic rings. The van der Waals surface area contributed by atoms with Crippen LogP contribution in [0, 0.1) is 0 Å². The fourth-order valence-corrected chi connectivity index (χ4v) is 2.50. The quantitative estimate of drug-likeness (QED) is 0.503. The third kappa shape index (κ3) is 3.30. The second kappa shape index (κ2) is 7.05. The van der Waals surface area contributed by atoms with Crippen LogP contribution >= 0.6 is 0 Å². The zero-order chi connectivity index (χ0) is 17.8. The van der Waals surface area contributed by atoms with Gasteiger partial charge in [-0.15, -0.1) is 0 Å². The summed E-state index contributed by atoms with van der Waals surface area (Å²) in [5, 5.41) is 0. The van der Waals surface area contributed by atoms with Gasteiger partial charge in [0.25, 0.3) is 0 Å².